The van der Waals surface area contributed by atoms with E-state index in [1.54, 1.807) is 0 Å². The van der Waals surface area contributed by atoms with E-state index in [1.165, 1.54) is 6.07 Å². The molecular formula is C13H18BrFN2O. The lowest BCUT2D eigenvalue weighted by molar-refractivity contribution is -0.0658. The van der Waals surface area contributed by atoms with Crippen molar-refractivity contribution in [2.75, 3.05) is 26.2 Å². The Morgan fingerprint density at radius 1 is 1.56 bits per heavy atom. The highest BCUT2D eigenvalue weighted by Gasteiger charge is 2.32. The van der Waals surface area contributed by atoms with E-state index in [0.717, 1.165) is 18.7 Å². The van der Waals surface area contributed by atoms with E-state index in [9.17, 15) is 4.39 Å². The molecule has 0 amide bonds. The molecule has 100 valence electrons. The SMILES string of the molecule is CCN1CCOC(CN)C1c1ccc(F)c(Br)c1. The maximum absolute atomic E-state index is 13.3. The Morgan fingerprint density at radius 3 is 2.94 bits per heavy atom. The number of morpholine rings is 1. The summed E-state index contributed by atoms with van der Waals surface area (Å²) in [5.41, 5.74) is 6.82. The van der Waals surface area contributed by atoms with Gasteiger partial charge in [0.2, 0.25) is 0 Å². The van der Waals surface area contributed by atoms with E-state index < -0.39 is 0 Å². The van der Waals surface area contributed by atoms with E-state index in [1.807, 2.05) is 12.1 Å². The van der Waals surface area contributed by atoms with E-state index in [4.69, 9.17) is 10.5 Å². The molecule has 1 aliphatic heterocycles. The first-order chi connectivity index (χ1) is 8.67. The van der Waals surface area contributed by atoms with Gasteiger partial charge in [0, 0.05) is 13.1 Å². The number of hydrogen-bond donors (Lipinski definition) is 1. The van der Waals surface area contributed by atoms with E-state index in [-0.39, 0.29) is 18.0 Å². The van der Waals surface area contributed by atoms with E-state index in [2.05, 4.69) is 27.8 Å². The number of hydrogen-bond acceptors (Lipinski definition) is 3. The van der Waals surface area contributed by atoms with Crippen LogP contribution >= 0.6 is 15.9 Å². The standard InChI is InChI=1S/C13H18BrFN2O/c1-2-17-5-6-18-12(8-16)13(17)9-3-4-11(15)10(14)7-9/h3-4,7,12-13H,2,5-6,8,16H2,1H3. The van der Waals surface area contributed by atoms with Gasteiger partial charge in [0.05, 0.1) is 23.2 Å². The molecule has 0 spiro atoms. The molecule has 0 aliphatic carbocycles. The van der Waals surface area contributed by atoms with Crippen LogP contribution in [-0.4, -0.2) is 37.2 Å². The van der Waals surface area contributed by atoms with Crippen LogP contribution in [0.2, 0.25) is 0 Å². The molecule has 3 nitrogen and oxygen atoms in total. The van der Waals surface area contributed by atoms with Gasteiger partial charge in [-0.1, -0.05) is 13.0 Å². The number of ether oxygens (including phenoxy) is 1. The monoisotopic (exact) mass is 316 g/mol. The van der Waals surface area contributed by atoms with Crippen LogP contribution in [0, 0.1) is 5.82 Å². The Balaban J connectivity index is 2.32. The summed E-state index contributed by atoms with van der Waals surface area (Å²) in [7, 11) is 0. The third kappa shape index (κ3) is 2.74. The Hall–Kier alpha value is -0.490. The molecule has 2 atom stereocenters. The van der Waals surface area contributed by atoms with Gasteiger partial charge < -0.3 is 10.5 Å². The minimum absolute atomic E-state index is 0.0314. The van der Waals surface area contributed by atoms with Gasteiger partial charge in [0.1, 0.15) is 5.82 Å². The van der Waals surface area contributed by atoms with Gasteiger partial charge in [-0.3, -0.25) is 4.90 Å². The molecule has 2 unspecified atom stereocenters. The quantitative estimate of drug-likeness (QED) is 0.930. The molecular weight excluding hydrogens is 299 g/mol. The van der Waals surface area contributed by atoms with Crippen molar-refractivity contribution in [1.29, 1.82) is 0 Å². The fourth-order valence-corrected chi connectivity index (χ4v) is 2.86. The van der Waals surface area contributed by atoms with Crippen LogP contribution in [-0.2, 0) is 4.74 Å². The summed E-state index contributed by atoms with van der Waals surface area (Å²) in [5.74, 6) is -0.247. The molecule has 0 saturated carbocycles. The first-order valence-corrected chi connectivity index (χ1v) is 6.97. The maximum Gasteiger partial charge on any atom is 0.137 e. The average molecular weight is 317 g/mol. The van der Waals surface area contributed by atoms with Crippen molar-refractivity contribution in [1.82, 2.24) is 4.90 Å². The molecule has 1 heterocycles. The van der Waals surface area contributed by atoms with Crippen LogP contribution in [0.15, 0.2) is 22.7 Å². The zero-order valence-electron chi connectivity index (χ0n) is 10.4. The van der Waals surface area contributed by atoms with Crippen LogP contribution in [0.3, 0.4) is 0 Å². The molecule has 0 bridgehead atoms. The van der Waals surface area contributed by atoms with Crippen molar-refractivity contribution >= 4 is 15.9 Å². The summed E-state index contributed by atoms with van der Waals surface area (Å²) in [6, 6.07) is 5.21. The fourth-order valence-electron chi connectivity index (χ4n) is 2.46. The number of nitrogens with two attached hydrogens (primary N) is 1. The number of benzene rings is 1. The highest BCUT2D eigenvalue weighted by Crippen LogP contribution is 2.31. The fraction of sp³-hybridized carbons (Fsp3) is 0.538. The Bertz CT molecular complexity index is 404. The molecule has 1 aliphatic rings. The van der Waals surface area contributed by atoms with Gasteiger partial charge in [-0.05, 0) is 40.2 Å². The maximum atomic E-state index is 13.3. The number of rotatable bonds is 3. The van der Waals surface area contributed by atoms with Gasteiger partial charge in [-0.25, -0.2) is 4.39 Å². The summed E-state index contributed by atoms with van der Waals surface area (Å²) in [4.78, 5) is 2.32. The topological polar surface area (TPSA) is 38.5 Å². The number of likely N-dealkylation sites (N-methyl/N-ethyl adjacent to an activating group) is 1. The second-order valence-electron chi connectivity index (χ2n) is 4.39. The second kappa shape index (κ2) is 6.10. The van der Waals surface area contributed by atoms with Crippen LogP contribution in [0.1, 0.15) is 18.5 Å². The molecule has 5 heteroatoms. The molecule has 2 rings (SSSR count). The van der Waals surface area contributed by atoms with Crippen LogP contribution < -0.4 is 5.73 Å². The predicted molar refractivity (Wildman–Crippen MR) is 72.9 cm³/mol. The van der Waals surface area contributed by atoms with Crippen molar-refractivity contribution in [3.8, 4) is 0 Å². The Morgan fingerprint density at radius 2 is 2.33 bits per heavy atom. The normalized spacial score (nSPS) is 25.3. The van der Waals surface area contributed by atoms with Gasteiger partial charge in [0.25, 0.3) is 0 Å². The van der Waals surface area contributed by atoms with Crippen molar-refractivity contribution in [3.05, 3.63) is 34.1 Å². The summed E-state index contributed by atoms with van der Waals surface area (Å²) in [6.45, 7) is 5.10. The summed E-state index contributed by atoms with van der Waals surface area (Å²) < 4.78 is 19.5. The lowest BCUT2D eigenvalue weighted by Gasteiger charge is -2.40. The highest BCUT2D eigenvalue weighted by molar-refractivity contribution is 9.10. The van der Waals surface area contributed by atoms with Crippen molar-refractivity contribution in [2.24, 2.45) is 5.73 Å². The summed E-state index contributed by atoms with van der Waals surface area (Å²) in [5, 5.41) is 0. The van der Waals surface area contributed by atoms with E-state index >= 15 is 0 Å². The van der Waals surface area contributed by atoms with Crippen LogP contribution in [0.25, 0.3) is 0 Å². The average Bonchev–Trinajstić information content (AvgIpc) is 2.41. The second-order valence-corrected chi connectivity index (χ2v) is 5.25. The minimum atomic E-state index is -0.247. The van der Waals surface area contributed by atoms with Crippen LogP contribution in [0.4, 0.5) is 4.39 Å². The van der Waals surface area contributed by atoms with Gasteiger partial charge in [0.15, 0.2) is 0 Å². The first-order valence-electron chi connectivity index (χ1n) is 6.18. The number of nitrogens with zero attached hydrogens (tertiary/aromatic N) is 1. The molecule has 0 aromatic heterocycles. The minimum Gasteiger partial charge on any atom is -0.374 e. The van der Waals surface area contributed by atoms with Crippen molar-refractivity contribution < 1.29 is 9.13 Å². The first kappa shape index (κ1) is 13.9. The van der Waals surface area contributed by atoms with Crippen molar-refractivity contribution in [3.63, 3.8) is 0 Å². The lowest BCUT2D eigenvalue weighted by atomic mass is 9.98. The molecule has 1 saturated heterocycles. The third-order valence-electron chi connectivity index (χ3n) is 3.38. The van der Waals surface area contributed by atoms with Gasteiger partial charge >= 0.3 is 0 Å². The number of halogens is 2. The molecule has 1 fully saturated rings. The summed E-state index contributed by atoms with van der Waals surface area (Å²) >= 11 is 3.23. The molecule has 2 N–H and O–H groups in total. The smallest absolute Gasteiger partial charge is 0.137 e. The predicted octanol–water partition coefficient (Wildman–Crippen LogP) is 2.31. The van der Waals surface area contributed by atoms with E-state index in [0.29, 0.717) is 17.6 Å². The Labute approximate surface area is 115 Å². The third-order valence-corrected chi connectivity index (χ3v) is 3.99. The molecule has 1 aromatic rings. The summed E-state index contributed by atoms with van der Waals surface area (Å²) in [6.07, 6.45) is -0.0314. The van der Waals surface area contributed by atoms with Gasteiger partial charge in [-0.2, -0.15) is 0 Å². The largest absolute Gasteiger partial charge is 0.374 e. The van der Waals surface area contributed by atoms with Crippen LogP contribution in [0.5, 0.6) is 0 Å². The molecule has 0 radical (unpaired) electrons. The molecule has 1 aromatic carbocycles. The Kier molecular flexibility index (Phi) is 4.72. The van der Waals surface area contributed by atoms with Crippen molar-refractivity contribution in [2.45, 2.75) is 19.1 Å². The zero-order valence-corrected chi connectivity index (χ0v) is 12.0. The molecule has 18 heavy (non-hydrogen) atoms. The van der Waals surface area contributed by atoms with Gasteiger partial charge in [-0.15, -0.1) is 0 Å². The highest BCUT2D eigenvalue weighted by atomic mass is 79.9. The zero-order chi connectivity index (χ0) is 13.1. The lowest BCUT2D eigenvalue weighted by Crippen LogP contribution is -2.48.